The van der Waals surface area contributed by atoms with Gasteiger partial charge >= 0.3 is 0 Å². The maximum absolute atomic E-state index is 5.87. The Morgan fingerprint density at radius 2 is 2.29 bits per heavy atom. The average molecular weight is 249 g/mol. The predicted octanol–water partition coefficient (Wildman–Crippen LogP) is 3.75. The summed E-state index contributed by atoms with van der Waals surface area (Å²) in [7, 11) is 0. The van der Waals surface area contributed by atoms with Gasteiger partial charge in [0.2, 0.25) is 5.22 Å². The Morgan fingerprint density at radius 1 is 1.50 bits per heavy atom. The van der Waals surface area contributed by atoms with Crippen molar-refractivity contribution in [2.75, 3.05) is 0 Å². The Morgan fingerprint density at radius 3 is 2.79 bits per heavy atom. The van der Waals surface area contributed by atoms with Crippen LogP contribution in [-0.4, -0.2) is 10.2 Å². The molecule has 2 aromatic heterocycles. The lowest BCUT2D eigenvalue weighted by molar-refractivity contribution is 0.570. The van der Waals surface area contributed by atoms with E-state index >= 15 is 0 Å². The van der Waals surface area contributed by atoms with Gasteiger partial charge < -0.3 is 4.42 Å². The fraction of sp³-hybridized carbons (Fsp3) is 0.250. The number of rotatable bonds is 2. The number of nitrogens with zero attached hydrogens (tertiary/aromatic N) is 2. The van der Waals surface area contributed by atoms with Crippen molar-refractivity contribution in [3.05, 3.63) is 22.6 Å². The number of hydrogen-bond donors (Lipinski definition) is 0. The van der Waals surface area contributed by atoms with E-state index in [-0.39, 0.29) is 5.38 Å². The van der Waals surface area contributed by atoms with Gasteiger partial charge in [-0.1, -0.05) is 11.3 Å². The van der Waals surface area contributed by atoms with Crippen molar-refractivity contribution in [1.82, 2.24) is 10.2 Å². The van der Waals surface area contributed by atoms with E-state index in [1.54, 1.807) is 6.07 Å². The lowest BCUT2D eigenvalue weighted by Gasteiger charge is -1.91. The minimum Gasteiger partial charge on any atom is -0.452 e. The molecule has 3 nitrogen and oxygen atoms in total. The minimum absolute atomic E-state index is 0.132. The predicted molar refractivity (Wildman–Crippen MR) is 56.9 cm³/mol. The highest BCUT2D eigenvalue weighted by Gasteiger charge is 2.14. The van der Waals surface area contributed by atoms with Crippen LogP contribution in [-0.2, 0) is 0 Å². The lowest BCUT2D eigenvalue weighted by atomic mass is 10.4. The van der Waals surface area contributed by atoms with Crippen LogP contribution in [0.15, 0.2) is 16.7 Å². The van der Waals surface area contributed by atoms with Gasteiger partial charge in [0.1, 0.15) is 5.01 Å². The zero-order chi connectivity index (χ0) is 10.1. The molecule has 74 valence electrons. The second kappa shape index (κ2) is 3.88. The number of aromatic nitrogens is 2. The smallest absolute Gasteiger partial charge is 0.203 e. The normalized spacial score (nSPS) is 13.1. The molecule has 0 fully saturated rings. The summed E-state index contributed by atoms with van der Waals surface area (Å²) in [5.41, 5.74) is 0.757. The molecular formula is C8H6Cl2N2OS. The Bertz CT molecular complexity index is 438. The second-order valence-corrected chi connectivity index (χ2v) is 4.68. The first kappa shape index (κ1) is 9.96. The van der Waals surface area contributed by atoms with Crippen molar-refractivity contribution < 1.29 is 4.42 Å². The van der Waals surface area contributed by atoms with Gasteiger partial charge in [0.15, 0.2) is 5.01 Å². The van der Waals surface area contributed by atoms with E-state index in [2.05, 4.69) is 10.2 Å². The van der Waals surface area contributed by atoms with Crippen molar-refractivity contribution in [3.8, 4) is 10.6 Å². The molecule has 0 aliphatic rings. The summed E-state index contributed by atoms with van der Waals surface area (Å²) in [6.07, 6.45) is 1.52. The molecule has 0 aliphatic heterocycles. The summed E-state index contributed by atoms with van der Waals surface area (Å²) in [5, 5.41) is 9.63. The summed E-state index contributed by atoms with van der Waals surface area (Å²) >= 11 is 13.1. The number of alkyl halides is 1. The monoisotopic (exact) mass is 248 g/mol. The maximum Gasteiger partial charge on any atom is 0.203 e. The topological polar surface area (TPSA) is 38.9 Å². The summed E-state index contributed by atoms with van der Waals surface area (Å²) in [5.74, 6) is 0. The molecule has 0 spiro atoms. The molecule has 0 radical (unpaired) electrons. The van der Waals surface area contributed by atoms with E-state index < -0.39 is 0 Å². The van der Waals surface area contributed by atoms with Crippen LogP contribution in [0.1, 0.15) is 17.3 Å². The molecule has 0 N–H and O–H groups in total. The van der Waals surface area contributed by atoms with Crippen molar-refractivity contribution in [2.45, 2.75) is 12.3 Å². The first-order chi connectivity index (χ1) is 6.68. The molecule has 0 amide bonds. The molecule has 0 aliphatic carbocycles. The van der Waals surface area contributed by atoms with Crippen LogP contribution < -0.4 is 0 Å². The zero-order valence-corrected chi connectivity index (χ0v) is 9.53. The molecule has 0 saturated heterocycles. The SMILES string of the molecule is CC(Cl)c1nnc(-c2ccoc2Cl)s1. The molecule has 14 heavy (non-hydrogen) atoms. The molecule has 0 aromatic carbocycles. The third-order valence-electron chi connectivity index (χ3n) is 1.63. The van der Waals surface area contributed by atoms with Gasteiger partial charge in [0.25, 0.3) is 0 Å². The summed E-state index contributed by atoms with van der Waals surface area (Å²) < 4.78 is 4.96. The zero-order valence-electron chi connectivity index (χ0n) is 7.20. The van der Waals surface area contributed by atoms with Crippen LogP contribution >= 0.6 is 34.5 Å². The van der Waals surface area contributed by atoms with E-state index in [4.69, 9.17) is 27.6 Å². The van der Waals surface area contributed by atoms with Gasteiger partial charge in [0.05, 0.1) is 17.2 Å². The van der Waals surface area contributed by atoms with E-state index in [0.717, 1.165) is 15.6 Å². The van der Waals surface area contributed by atoms with Gasteiger partial charge in [0, 0.05) is 0 Å². The van der Waals surface area contributed by atoms with E-state index in [1.807, 2.05) is 6.92 Å². The van der Waals surface area contributed by atoms with Crippen molar-refractivity contribution >= 4 is 34.5 Å². The van der Waals surface area contributed by atoms with Crippen molar-refractivity contribution in [1.29, 1.82) is 0 Å². The van der Waals surface area contributed by atoms with Gasteiger partial charge in [-0.05, 0) is 24.6 Å². The average Bonchev–Trinajstić information content (AvgIpc) is 2.71. The van der Waals surface area contributed by atoms with Gasteiger partial charge in [-0.15, -0.1) is 21.8 Å². The highest BCUT2D eigenvalue weighted by Crippen LogP contribution is 2.33. The molecule has 2 heterocycles. The maximum atomic E-state index is 5.87. The second-order valence-electron chi connectivity index (χ2n) is 2.67. The molecular weight excluding hydrogens is 243 g/mol. The molecule has 2 aromatic rings. The molecule has 0 bridgehead atoms. The number of furan rings is 1. The quantitative estimate of drug-likeness (QED) is 0.761. The number of halogens is 2. The molecule has 6 heteroatoms. The highest BCUT2D eigenvalue weighted by atomic mass is 35.5. The Labute approximate surface area is 94.7 Å². The Balaban J connectivity index is 2.39. The Kier molecular flexibility index (Phi) is 2.76. The van der Waals surface area contributed by atoms with E-state index in [1.165, 1.54) is 17.6 Å². The van der Waals surface area contributed by atoms with Gasteiger partial charge in [-0.2, -0.15) is 0 Å². The third kappa shape index (κ3) is 1.78. The largest absolute Gasteiger partial charge is 0.452 e. The van der Waals surface area contributed by atoms with Gasteiger partial charge in [-0.3, -0.25) is 0 Å². The summed E-state index contributed by atoms with van der Waals surface area (Å²) in [4.78, 5) is 0. The van der Waals surface area contributed by atoms with Crippen LogP contribution in [0.4, 0.5) is 0 Å². The first-order valence-corrected chi connectivity index (χ1v) is 5.52. The fourth-order valence-electron chi connectivity index (χ4n) is 0.950. The van der Waals surface area contributed by atoms with E-state index in [0.29, 0.717) is 5.22 Å². The van der Waals surface area contributed by atoms with Gasteiger partial charge in [-0.25, -0.2) is 0 Å². The van der Waals surface area contributed by atoms with Crippen molar-refractivity contribution in [2.24, 2.45) is 0 Å². The lowest BCUT2D eigenvalue weighted by Crippen LogP contribution is -1.80. The van der Waals surface area contributed by atoms with Crippen LogP contribution in [0.5, 0.6) is 0 Å². The Hall–Kier alpha value is -0.580. The van der Waals surface area contributed by atoms with E-state index in [9.17, 15) is 0 Å². The van der Waals surface area contributed by atoms with Crippen LogP contribution in [0.2, 0.25) is 5.22 Å². The third-order valence-corrected chi connectivity index (χ3v) is 3.40. The molecule has 1 unspecified atom stereocenters. The standard InChI is InChI=1S/C8H6Cl2N2OS/c1-4(9)7-11-12-8(14-7)5-2-3-13-6(5)10/h2-4H,1H3. The summed E-state index contributed by atoms with van der Waals surface area (Å²) in [6, 6.07) is 1.76. The van der Waals surface area contributed by atoms with Crippen LogP contribution in [0, 0.1) is 0 Å². The summed E-state index contributed by atoms with van der Waals surface area (Å²) in [6.45, 7) is 1.85. The number of hydrogen-bond acceptors (Lipinski definition) is 4. The molecule has 2 rings (SSSR count). The van der Waals surface area contributed by atoms with Crippen molar-refractivity contribution in [3.63, 3.8) is 0 Å². The van der Waals surface area contributed by atoms with Crippen LogP contribution in [0.25, 0.3) is 10.6 Å². The van der Waals surface area contributed by atoms with Crippen LogP contribution in [0.3, 0.4) is 0 Å². The fourth-order valence-corrected chi connectivity index (χ4v) is 2.18. The minimum atomic E-state index is -0.132. The molecule has 0 saturated carbocycles. The molecule has 1 atom stereocenters. The first-order valence-electron chi connectivity index (χ1n) is 3.89. The highest BCUT2D eigenvalue weighted by molar-refractivity contribution is 7.15.